The summed E-state index contributed by atoms with van der Waals surface area (Å²) in [6, 6.07) is 3.95. The summed E-state index contributed by atoms with van der Waals surface area (Å²) in [7, 11) is 1.64. The first kappa shape index (κ1) is 17.3. The Kier molecular flexibility index (Phi) is 4.70. The molecular formula is C19H24N2O4. The van der Waals surface area contributed by atoms with E-state index >= 15 is 0 Å². The molecule has 25 heavy (non-hydrogen) atoms. The average Bonchev–Trinajstić information content (AvgIpc) is 3.11. The highest BCUT2D eigenvalue weighted by atomic mass is 16.5. The third kappa shape index (κ3) is 3.34. The molecule has 2 atom stereocenters. The minimum absolute atomic E-state index is 0.0776. The molecule has 0 radical (unpaired) electrons. The maximum Gasteiger partial charge on any atom is 0.227 e. The van der Waals surface area contributed by atoms with E-state index in [1.54, 1.807) is 7.11 Å². The molecule has 134 valence electrons. The van der Waals surface area contributed by atoms with E-state index in [-0.39, 0.29) is 17.9 Å². The summed E-state index contributed by atoms with van der Waals surface area (Å²) in [6.45, 7) is 7.94. The minimum atomic E-state index is -0.331. The van der Waals surface area contributed by atoms with Crippen LogP contribution < -0.4 is 14.8 Å². The molecule has 0 bridgehead atoms. The fourth-order valence-electron chi connectivity index (χ4n) is 3.38. The standard InChI is InChI=1S/C19H24N2O4/c1-10-6-14-7-16(23-5)15(8-17(14)24-10)9-20-19(22)11(2)18-12(3)21-25-13(18)4/h7-8,10-11H,6,9H2,1-5H3,(H,20,22)/t10-,11-/m1/s1. The third-order valence-electron chi connectivity index (χ3n) is 4.67. The van der Waals surface area contributed by atoms with Crippen LogP contribution in [0.1, 0.15) is 47.9 Å². The number of nitrogens with zero attached hydrogens (tertiary/aromatic N) is 1. The fourth-order valence-corrected chi connectivity index (χ4v) is 3.38. The highest BCUT2D eigenvalue weighted by Crippen LogP contribution is 2.35. The maximum absolute atomic E-state index is 12.6. The first-order valence-electron chi connectivity index (χ1n) is 8.47. The minimum Gasteiger partial charge on any atom is -0.496 e. The van der Waals surface area contributed by atoms with Crippen molar-refractivity contribution in [1.29, 1.82) is 0 Å². The molecule has 0 spiro atoms. The Morgan fingerprint density at radius 2 is 2.20 bits per heavy atom. The van der Waals surface area contributed by atoms with Crippen molar-refractivity contribution in [2.45, 2.75) is 52.7 Å². The van der Waals surface area contributed by atoms with E-state index in [0.717, 1.165) is 40.3 Å². The number of aryl methyl sites for hydroxylation is 2. The van der Waals surface area contributed by atoms with Gasteiger partial charge in [-0.1, -0.05) is 5.16 Å². The van der Waals surface area contributed by atoms with Gasteiger partial charge in [0.05, 0.1) is 18.7 Å². The summed E-state index contributed by atoms with van der Waals surface area (Å²) < 4.78 is 16.4. The van der Waals surface area contributed by atoms with Gasteiger partial charge >= 0.3 is 0 Å². The molecule has 1 N–H and O–H groups in total. The van der Waals surface area contributed by atoms with Gasteiger partial charge in [-0.05, 0) is 39.8 Å². The van der Waals surface area contributed by atoms with E-state index in [1.165, 1.54) is 0 Å². The summed E-state index contributed by atoms with van der Waals surface area (Å²) in [4.78, 5) is 12.6. The molecule has 1 amide bonds. The van der Waals surface area contributed by atoms with Gasteiger partial charge in [0.25, 0.3) is 0 Å². The number of benzene rings is 1. The van der Waals surface area contributed by atoms with Gasteiger partial charge in [-0.3, -0.25) is 4.79 Å². The van der Waals surface area contributed by atoms with Crippen molar-refractivity contribution in [3.63, 3.8) is 0 Å². The van der Waals surface area contributed by atoms with Gasteiger partial charge in [0.2, 0.25) is 5.91 Å². The Bertz CT molecular complexity index is 777. The molecule has 0 fully saturated rings. The number of methoxy groups -OCH3 is 1. The van der Waals surface area contributed by atoms with Crippen LogP contribution >= 0.6 is 0 Å². The van der Waals surface area contributed by atoms with Crippen molar-refractivity contribution in [3.05, 3.63) is 40.3 Å². The number of ether oxygens (including phenoxy) is 2. The number of hydrogen-bond acceptors (Lipinski definition) is 5. The highest BCUT2D eigenvalue weighted by Gasteiger charge is 2.24. The predicted octanol–water partition coefficient (Wildman–Crippen LogP) is 3.04. The molecule has 0 saturated heterocycles. The van der Waals surface area contributed by atoms with Crippen LogP contribution in [0.15, 0.2) is 16.7 Å². The van der Waals surface area contributed by atoms with Gasteiger partial charge < -0.3 is 19.3 Å². The lowest BCUT2D eigenvalue weighted by molar-refractivity contribution is -0.122. The summed E-state index contributed by atoms with van der Waals surface area (Å²) in [5.74, 6) is 1.91. The first-order chi connectivity index (χ1) is 11.9. The lowest BCUT2D eigenvalue weighted by Gasteiger charge is -2.15. The van der Waals surface area contributed by atoms with E-state index < -0.39 is 0 Å². The van der Waals surface area contributed by atoms with E-state index in [4.69, 9.17) is 14.0 Å². The van der Waals surface area contributed by atoms with E-state index in [9.17, 15) is 4.79 Å². The topological polar surface area (TPSA) is 73.6 Å². The summed E-state index contributed by atoms with van der Waals surface area (Å²) in [6.07, 6.45) is 1.05. The first-order valence-corrected chi connectivity index (χ1v) is 8.47. The molecule has 1 aliphatic heterocycles. The lowest BCUT2D eigenvalue weighted by atomic mass is 9.98. The van der Waals surface area contributed by atoms with Gasteiger partial charge in [0.15, 0.2) is 0 Å². The zero-order valence-corrected chi connectivity index (χ0v) is 15.3. The van der Waals surface area contributed by atoms with Gasteiger partial charge in [0, 0.05) is 29.7 Å². The molecule has 0 saturated carbocycles. The molecule has 1 aromatic carbocycles. The van der Waals surface area contributed by atoms with Crippen LogP contribution in [0.5, 0.6) is 11.5 Å². The monoisotopic (exact) mass is 344 g/mol. The molecule has 1 aliphatic rings. The van der Waals surface area contributed by atoms with Crippen LogP contribution in [0.2, 0.25) is 0 Å². The lowest BCUT2D eigenvalue weighted by Crippen LogP contribution is -2.28. The zero-order chi connectivity index (χ0) is 18.1. The van der Waals surface area contributed by atoms with Crippen LogP contribution in [0, 0.1) is 13.8 Å². The number of amides is 1. The van der Waals surface area contributed by atoms with E-state index in [0.29, 0.717) is 12.3 Å². The number of fused-ring (bicyclic) bond motifs is 1. The van der Waals surface area contributed by atoms with Crippen LogP contribution in [0.3, 0.4) is 0 Å². The summed E-state index contributed by atoms with van der Waals surface area (Å²) in [5.41, 5.74) is 3.63. The van der Waals surface area contributed by atoms with E-state index in [2.05, 4.69) is 10.5 Å². The van der Waals surface area contributed by atoms with Gasteiger partial charge in [0.1, 0.15) is 23.4 Å². The van der Waals surface area contributed by atoms with Crippen LogP contribution in [0.25, 0.3) is 0 Å². The Morgan fingerprint density at radius 3 is 2.84 bits per heavy atom. The largest absolute Gasteiger partial charge is 0.496 e. The normalized spacial score (nSPS) is 16.9. The van der Waals surface area contributed by atoms with Crippen LogP contribution in [-0.2, 0) is 17.8 Å². The van der Waals surface area contributed by atoms with Crippen molar-refractivity contribution in [3.8, 4) is 11.5 Å². The molecular weight excluding hydrogens is 320 g/mol. The molecule has 2 aromatic rings. The van der Waals surface area contributed by atoms with Gasteiger partial charge in [-0.15, -0.1) is 0 Å². The zero-order valence-electron chi connectivity index (χ0n) is 15.3. The Morgan fingerprint density at radius 1 is 1.44 bits per heavy atom. The molecule has 6 nitrogen and oxygen atoms in total. The smallest absolute Gasteiger partial charge is 0.227 e. The molecule has 0 unspecified atom stereocenters. The third-order valence-corrected chi connectivity index (χ3v) is 4.67. The Hall–Kier alpha value is -2.50. The second kappa shape index (κ2) is 6.78. The number of nitrogens with one attached hydrogen (secondary N) is 1. The average molecular weight is 344 g/mol. The summed E-state index contributed by atoms with van der Waals surface area (Å²) >= 11 is 0. The fraction of sp³-hybridized carbons (Fsp3) is 0.474. The molecule has 6 heteroatoms. The highest BCUT2D eigenvalue weighted by molar-refractivity contribution is 5.83. The Labute approximate surface area is 147 Å². The molecule has 3 rings (SSSR count). The SMILES string of the molecule is COc1cc2c(cc1CNC(=O)[C@H](C)c1c(C)noc1C)O[C@H](C)C2. The maximum atomic E-state index is 12.6. The molecule has 1 aromatic heterocycles. The van der Waals surface area contributed by atoms with Crippen molar-refractivity contribution in [2.75, 3.05) is 7.11 Å². The van der Waals surface area contributed by atoms with Crippen LogP contribution in [0.4, 0.5) is 0 Å². The summed E-state index contributed by atoms with van der Waals surface area (Å²) in [5, 5.41) is 6.89. The van der Waals surface area contributed by atoms with Crippen molar-refractivity contribution < 1.29 is 18.8 Å². The number of carbonyl (C=O) groups is 1. The van der Waals surface area contributed by atoms with Crippen LogP contribution in [-0.4, -0.2) is 24.3 Å². The quantitative estimate of drug-likeness (QED) is 0.902. The second-order valence-electron chi connectivity index (χ2n) is 6.58. The van der Waals surface area contributed by atoms with Crippen molar-refractivity contribution in [1.82, 2.24) is 10.5 Å². The number of hydrogen-bond donors (Lipinski definition) is 1. The van der Waals surface area contributed by atoms with Crippen molar-refractivity contribution in [2.24, 2.45) is 0 Å². The number of carbonyl (C=O) groups excluding carboxylic acids is 1. The predicted molar refractivity (Wildman–Crippen MR) is 93.0 cm³/mol. The van der Waals surface area contributed by atoms with Gasteiger partial charge in [-0.2, -0.15) is 0 Å². The van der Waals surface area contributed by atoms with Gasteiger partial charge in [-0.25, -0.2) is 0 Å². The molecule has 0 aliphatic carbocycles. The Balaban J connectivity index is 1.73. The number of aromatic nitrogens is 1. The van der Waals surface area contributed by atoms with Crippen molar-refractivity contribution >= 4 is 5.91 Å². The van der Waals surface area contributed by atoms with E-state index in [1.807, 2.05) is 39.8 Å². The second-order valence-corrected chi connectivity index (χ2v) is 6.58. The number of rotatable bonds is 5. The molecule has 2 heterocycles.